The molecule has 7 heteroatoms. The van der Waals surface area contributed by atoms with Crippen LogP contribution < -0.4 is 10.2 Å². The Bertz CT molecular complexity index is 817. The molecule has 2 aromatic rings. The van der Waals surface area contributed by atoms with Crippen LogP contribution in [0, 0.1) is 5.92 Å². The molecule has 2 aromatic heterocycles. The van der Waals surface area contributed by atoms with Gasteiger partial charge in [0.2, 0.25) is 5.88 Å². The van der Waals surface area contributed by atoms with Gasteiger partial charge in [-0.1, -0.05) is 13.8 Å². The van der Waals surface area contributed by atoms with E-state index in [1.54, 1.807) is 32.5 Å². The molecule has 0 amide bonds. The van der Waals surface area contributed by atoms with Gasteiger partial charge >= 0.3 is 5.97 Å². The lowest BCUT2D eigenvalue weighted by Crippen LogP contribution is -2.23. The number of halogens is 1. The van der Waals surface area contributed by atoms with Crippen LogP contribution >= 0.6 is 15.9 Å². The number of methoxy groups -OCH3 is 1. The Morgan fingerprint density at radius 3 is 2.60 bits per heavy atom. The van der Waals surface area contributed by atoms with Gasteiger partial charge in [0.1, 0.15) is 10.2 Å². The van der Waals surface area contributed by atoms with E-state index in [0.717, 1.165) is 5.56 Å². The summed E-state index contributed by atoms with van der Waals surface area (Å²) in [6.07, 6.45) is 3.22. The van der Waals surface area contributed by atoms with Crippen LogP contribution in [0.2, 0.25) is 0 Å². The maximum Gasteiger partial charge on any atom is 0.343 e. The van der Waals surface area contributed by atoms with Gasteiger partial charge in [-0.15, -0.1) is 0 Å². The molecule has 2 rings (SSSR count). The number of hydrogen-bond acceptors (Lipinski definition) is 5. The number of rotatable bonds is 6. The first-order valence-electron chi connectivity index (χ1n) is 7.98. The number of hydrogen-bond donors (Lipinski definition) is 0. The van der Waals surface area contributed by atoms with Crippen LogP contribution in [0.4, 0.5) is 0 Å². The molecule has 0 fully saturated rings. The van der Waals surface area contributed by atoms with Gasteiger partial charge in [-0.05, 0) is 34.8 Å². The zero-order valence-corrected chi connectivity index (χ0v) is 16.2. The molecular formula is C18H21BrN2O4. The largest absolute Gasteiger partial charge is 0.481 e. The van der Waals surface area contributed by atoms with Gasteiger partial charge in [0.05, 0.1) is 19.8 Å². The number of ether oxygens (including phenoxy) is 2. The molecule has 0 spiro atoms. The number of carbonyl (C=O) groups is 1. The van der Waals surface area contributed by atoms with Crippen molar-refractivity contribution in [2.75, 3.05) is 13.7 Å². The minimum absolute atomic E-state index is 0.0209. The van der Waals surface area contributed by atoms with Crippen molar-refractivity contribution in [2.24, 2.45) is 5.92 Å². The highest BCUT2D eigenvalue weighted by Crippen LogP contribution is 2.32. The maximum atomic E-state index is 12.0. The van der Waals surface area contributed by atoms with Crippen molar-refractivity contribution in [3.63, 3.8) is 0 Å². The van der Waals surface area contributed by atoms with Crippen molar-refractivity contribution >= 4 is 21.9 Å². The summed E-state index contributed by atoms with van der Waals surface area (Å²) in [5, 5.41) is 0. The molecule has 0 saturated heterocycles. The zero-order valence-electron chi connectivity index (χ0n) is 14.7. The number of esters is 1. The van der Waals surface area contributed by atoms with E-state index in [0.29, 0.717) is 10.5 Å². The SMILES string of the molecule is CCOC(=O)c1cn(C(c2ccc(OC)nc2Br)C(C)C)ccc1=O. The third kappa shape index (κ3) is 4.28. The second-order valence-electron chi connectivity index (χ2n) is 5.81. The fourth-order valence-electron chi connectivity index (χ4n) is 2.66. The molecule has 0 bridgehead atoms. The second-order valence-corrected chi connectivity index (χ2v) is 6.56. The average Bonchev–Trinajstić information content (AvgIpc) is 2.57. The lowest BCUT2D eigenvalue weighted by molar-refractivity contribution is 0.0523. The van der Waals surface area contributed by atoms with Crippen LogP contribution in [-0.2, 0) is 4.74 Å². The van der Waals surface area contributed by atoms with Crippen LogP contribution in [0.5, 0.6) is 5.88 Å². The van der Waals surface area contributed by atoms with Gasteiger partial charge in [0, 0.05) is 30.1 Å². The molecule has 134 valence electrons. The lowest BCUT2D eigenvalue weighted by Gasteiger charge is -2.26. The topological polar surface area (TPSA) is 70.4 Å². The molecule has 0 aromatic carbocycles. The predicted molar refractivity (Wildman–Crippen MR) is 98.1 cm³/mol. The van der Waals surface area contributed by atoms with Crippen LogP contribution in [0.15, 0.2) is 40.0 Å². The van der Waals surface area contributed by atoms with Crippen molar-refractivity contribution in [1.29, 1.82) is 0 Å². The van der Waals surface area contributed by atoms with Crippen LogP contribution in [0.3, 0.4) is 0 Å². The highest BCUT2D eigenvalue weighted by molar-refractivity contribution is 9.10. The number of aromatic nitrogens is 2. The van der Waals surface area contributed by atoms with E-state index >= 15 is 0 Å². The van der Waals surface area contributed by atoms with Gasteiger partial charge in [-0.25, -0.2) is 9.78 Å². The Kier molecular flexibility index (Phi) is 6.36. The average molecular weight is 409 g/mol. The Balaban J connectivity index is 2.53. The Hall–Kier alpha value is -2.15. The van der Waals surface area contributed by atoms with E-state index in [1.165, 1.54) is 6.07 Å². The van der Waals surface area contributed by atoms with Gasteiger partial charge in [-0.2, -0.15) is 0 Å². The molecule has 0 saturated carbocycles. The van der Waals surface area contributed by atoms with Crippen molar-refractivity contribution < 1.29 is 14.3 Å². The van der Waals surface area contributed by atoms with Crippen molar-refractivity contribution in [3.8, 4) is 5.88 Å². The van der Waals surface area contributed by atoms with Gasteiger partial charge < -0.3 is 14.0 Å². The quantitative estimate of drug-likeness (QED) is 0.540. The summed E-state index contributed by atoms with van der Waals surface area (Å²) in [5.41, 5.74) is 0.589. The van der Waals surface area contributed by atoms with E-state index in [4.69, 9.17) is 9.47 Å². The maximum absolute atomic E-state index is 12.0. The minimum Gasteiger partial charge on any atom is -0.481 e. The third-order valence-corrected chi connectivity index (χ3v) is 4.40. The first-order valence-corrected chi connectivity index (χ1v) is 8.77. The monoisotopic (exact) mass is 408 g/mol. The fourth-order valence-corrected chi connectivity index (χ4v) is 3.20. The van der Waals surface area contributed by atoms with Gasteiger partial charge in [0.15, 0.2) is 5.43 Å². The second kappa shape index (κ2) is 8.29. The standard InChI is InChI=1S/C18H21BrN2O4/c1-5-25-18(23)13-10-21(9-8-14(13)22)16(11(2)3)12-6-7-15(24-4)20-17(12)19/h6-11,16H,5H2,1-4H3. The summed E-state index contributed by atoms with van der Waals surface area (Å²) >= 11 is 3.48. The smallest absolute Gasteiger partial charge is 0.343 e. The number of carbonyl (C=O) groups excluding carboxylic acids is 1. The summed E-state index contributed by atoms with van der Waals surface area (Å²) in [5.74, 6) is 0.0746. The van der Waals surface area contributed by atoms with E-state index in [9.17, 15) is 9.59 Å². The van der Waals surface area contributed by atoms with Crippen LogP contribution in [-0.4, -0.2) is 29.2 Å². The predicted octanol–water partition coefficient (Wildman–Crippen LogP) is 3.44. The van der Waals surface area contributed by atoms with E-state index in [-0.39, 0.29) is 29.6 Å². The summed E-state index contributed by atoms with van der Waals surface area (Å²) in [7, 11) is 1.56. The number of pyridine rings is 2. The summed E-state index contributed by atoms with van der Waals surface area (Å²) in [4.78, 5) is 28.4. The molecule has 0 aliphatic rings. The molecule has 0 N–H and O–H groups in total. The van der Waals surface area contributed by atoms with Crippen LogP contribution in [0.25, 0.3) is 0 Å². The zero-order chi connectivity index (χ0) is 18.6. The molecule has 25 heavy (non-hydrogen) atoms. The Labute approximate surface area is 154 Å². The highest BCUT2D eigenvalue weighted by Gasteiger charge is 2.22. The van der Waals surface area contributed by atoms with E-state index < -0.39 is 5.97 Å². The molecule has 0 aliphatic heterocycles. The molecular weight excluding hydrogens is 388 g/mol. The van der Waals surface area contributed by atoms with Crippen molar-refractivity contribution in [1.82, 2.24) is 9.55 Å². The van der Waals surface area contributed by atoms with E-state index in [2.05, 4.69) is 34.8 Å². The highest BCUT2D eigenvalue weighted by atomic mass is 79.9. The summed E-state index contributed by atoms with van der Waals surface area (Å²) < 4.78 is 12.6. The van der Waals surface area contributed by atoms with Crippen molar-refractivity contribution in [3.05, 3.63) is 56.5 Å². The number of nitrogens with zero attached hydrogens (tertiary/aromatic N) is 2. The van der Waals surface area contributed by atoms with Gasteiger partial charge in [0.25, 0.3) is 0 Å². The Morgan fingerprint density at radius 1 is 1.32 bits per heavy atom. The lowest BCUT2D eigenvalue weighted by atomic mass is 9.96. The molecule has 6 nitrogen and oxygen atoms in total. The van der Waals surface area contributed by atoms with E-state index in [1.807, 2.05) is 10.6 Å². The third-order valence-electron chi connectivity index (χ3n) is 3.77. The van der Waals surface area contributed by atoms with Crippen molar-refractivity contribution in [2.45, 2.75) is 26.8 Å². The molecule has 0 aliphatic carbocycles. The summed E-state index contributed by atoms with van der Waals surface area (Å²) in [6, 6.07) is 4.96. The first-order chi connectivity index (χ1) is 11.9. The molecule has 0 radical (unpaired) electrons. The van der Waals surface area contributed by atoms with Crippen LogP contribution in [0.1, 0.15) is 42.7 Å². The normalized spacial score (nSPS) is 12.1. The Morgan fingerprint density at radius 2 is 2.04 bits per heavy atom. The fraction of sp³-hybridized carbons (Fsp3) is 0.389. The molecule has 2 heterocycles. The minimum atomic E-state index is -0.615. The molecule has 1 atom stereocenters. The van der Waals surface area contributed by atoms with Gasteiger partial charge in [-0.3, -0.25) is 4.79 Å². The first kappa shape index (κ1) is 19.2. The molecule has 1 unspecified atom stereocenters. The summed E-state index contributed by atoms with van der Waals surface area (Å²) in [6.45, 7) is 6.04.